The Morgan fingerprint density at radius 3 is 2.26 bits per heavy atom. The van der Waals surface area contributed by atoms with E-state index in [-0.39, 0.29) is 6.04 Å². The molecular formula is C15H24N2O2. The molecule has 0 saturated carbocycles. The second-order valence-corrected chi connectivity index (χ2v) is 5.00. The van der Waals surface area contributed by atoms with E-state index < -0.39 is 12.0 Å². The molecule has 0 aliphatic heterocycles. The highest BCUT2D eigenvalue weighted by atomic mass is 16.4. The SMILES string of the molecule is CCC(C)c1ccc(C(CC(N)C(=O)O)NC)cc1. The van der Waals surface area contributed by atoms with Crippen molar-refractivity contribution in [3.8, 4) is 0 Å². The number of hydrogen-bond acceptors (Lipinski definition) is 3. The van der Waals surface area contributed by atoms with Crippen LogP contribution in [0.5, 0.6) is 0 Å². The Bertz CT molecular complexity index is 403. The molecule has 0 aromatic heterocycles. The van der Waals surface area contributed by atoms with E-state index in [2.05, 4.69) is 43.4 Å². The lowest BCUT2D eigenvalue weighted by molar-refractivity contribution is -0.138. The number of carbonyl (C=O) groups is 1. The van der Waals surface area contributed by atoms with Gasteiger partial charge in [0.2, 0.25) is 0 Å². The van der Waals surface area contributed by atoms with Gasteiger partial charge in [-0.15, -0.1) is 0 Å². The lowest BCUT2D eigenvalue weighted by Gasteiger charge is -2.19. The number of carboxylic acids is 1. The first kappa shape index (κ1) is 15.7. The number of carboxylic acid groups (broad SMARTS) is 1. The zero-order valence-electron chi connectivity index (χ0n) is 11.9. The molecule has 0 amide bonds. The maximum atomic E-state index is 10.8. The Kier molecular flexibility index (Phi) is 5.99. The summed E-state index contributed by atoms with van der Waals surface area (Å²) in [6.45, 7) is 4.37. The van der Waals surface area contributed by atoms with Crippen molar-refractivity contribution in [3.63, 3.8) is 0 Å². The molecule has 3 unspecified atom stereocenters. The van der Waals surface area contributed by atoms with Gasteiger partial charge in [-0.05, 0) is 36.9 Å². The van der Waals surface area contributed by atoms with Crippen LogP contribution in [0.4, 0.5) is 0 Å². The predicted octanol–water partition coefficient (Wildman–Crippen LogP) is 2.26. The van der Waals surface area contributed by atoms with Crippen LogP contribution in [0.15, 0.2) is 24.3 Å². The second-order valence-electron chi connectivity index (χ2n) is 5.00. The molecule has 1 aromatic rings. The third-order valence-corrected chi connectivity index (χ3v) is 3.68. The Balaban J connectivity index is 2.79. The average Bonchev–Trinajstić information content (AvgIpc) is 2.43. The monoisotopic (exact) mass is 264 g/mol. The van der Waals surface area contributed by atoms with Crippen LogP contribution in [0.2, 0.25) is 0 Å². The zero-order valence-corrected chi connectivity index (χ0v) is 11.9. The number of hydrogen-bond donors (Lipinski definition) is 3. The predicted molar refractivity (Wildman–Crippen MR) is 77.2 cm³/mol. The molecule has 0 radical (unpaired) electrons. The van der Waals surface area contributed by atoms with Gasteiger partial charge in [0, 0.05) is 6.04 Å². The first-order valence-corrected chi connectivity index (χ1v) is 6.75. The highest BCUT2D eigenvalue weighted by molar-refractivity contribution is 5.73. The van der Waals surface area contributed by atoms with Crippen LogP contribution in [0, 0.1) is 0 Å². The van der Waals surface area contributed by atoms with Gasteiger partial charge in [-0.3, -0.25) is 4.79 Å². The average molecular weight is 264 g/mol. The lowest BCUT2D eigenvalue weighted by Crippen LogP contribution is -2.34. The molecule has 4 heteroatoms. The summed E-state index contributed by atoms with van der Waals surface area (Å²) in [5.74, 6) is -0.417. The van der Waals surface area contributed by atoms with Gasteiger partial charge >= 0.3 is 5.97 Å². The summed E-state index contributed by atoms with van der Waals surface area (Å²) in [6, 6.07) is 7.46. The van der Waals surface area contributed by atoms with Crippen LogP contribution in [-0.4, -0.2) is 24.2 Å². The Hall–Kier alpha value is -1.39. The van der Waals surface area contributed by atoms with Crippen LogP contribution in [0.3, 0.4) is 0 Å². The van der Waals surface area contributed by atoms with Crippen molar-refractivity contribution in [2.45, 2.75) is 44.7 Å². The molecule has 1 aromatic carbocycles. The van der Waals surface area contributed by atoms with Crippen LogP contribution < -0.4 is 11.1 Å². The normalized spacial score (nSPS) is 15.8. The van der Waals surface area contributed by atoms with Crippen molar-refractivity contribution in [1.29, 1.82) is 0 Å². The van der Waals surface area contributed by atoms with Gasteiger partial charge in [0.1, 0.15) is 6.04 Å². The number of aliphatic carboxylic acids is 1. The number of benzene rings is 1. The Labute approximate surface area is 115 Å². The largest absolute Gasteiger partial charge is 0.480 e. The third kappa shape index (κ3) is 4.33. The fourth-order valence-electron chi connectivity index (χ4n) is 2.07. The molecule has 1 rings (SSSR count). The smallest absolute Gasteiger partial charge is 0.320 e. The van der Waals surface area contributed by atoms with E-state index in [1.165, 1.54) is 5.56 Å². The molecule has 0 aliphatic rings. The van der Waals surface area contributed by atoms with Gasteiger partial charge in [0.25, 0.3) is 0 Å². The van der Waals surface area contributed by atoms with Gasteiger partial charge in [0.15, 0.2) is 0 Å². The molecular weight excluding hydrogens is 240 g/mol. The molecule has 0 fully saturated rings. The summed E-state index contributed by atoms with van der Waals surface area (Å²) in [4.78, 5) is 10.8. The summed E-state index contributed by atoms with van der Waals surface area (Å²) in [6.07, 6.45) is 1.49. The van der Waals surface area contributed by atoms with Crippen molar-refractivity contribution in [2.24, 2.45) is 5.73 Å². The van der Waals surface area contributed by atoms with E-state index in [9.17, 15) is 4.79 Å². The van der Waals surface area contributed by atoms with Crippen LogP contribution in [-0.2, 0) is 4.79 Å². The highest BCUT2D eigenvalue weighted by Crippen LogP contribution is 2.23. The van der Waals surface area contributed by atoms with Gasteiger partial charge < -0.3 is 16.2 Å². The Morgan fingerprint density at radius 2 is 1.84 bits per heavy atom. The van der Waals surface area contributed by atoms with E-state index in [0.29, 0.717) is 12.3 Å². The molecule has 106 valence electrons. The molecule has 0 saturated heterocycles. The van der Waals surface area contributed by atoms with E-state index >= 15 is 0 Å². The topological polar surface area (TPSA) is 75.4 Å². The first-order chi connectivity index (χ1) is 8.99. The highest BCUT2D eigenvalue weighted by Gasteiger charge is 2.19. The van der Waals surface area contributed by atoms with Crippen LogP contribution in [0.1, 0.15) is 49.8 Å². The fraction of sp³-hybridized carbons (Fsp3) is 0.533. The second kappa shape index (κ2) is 7.26. The van der Waals surface area contributed by atoms with Crippen molar-refractivity contribution >= 4 is 5.97 Å². The van der Waals surface area contributed by atoms with Gasteiger partial charge in [-0.2, -0.15) is 0 Å². The lowest BCUT2D eigenvalue weighted by atomic mass is 9.94. The van der Waals surface area contributed by atoms with Crippen LogP contribution in [0.25, 0.3) is 0 Å². The number of nitrogens with two attached hydrogens (primary N) is 1. The van der Waals surface area contributed by atoms with Crippen molar-refractivity contribution in [3.05, 3.63) is 35.4 Å². The summed E-state index contributed by atoms with van der Waals surface area (Å²) < 4.78 is 0. The number of rotatable bonds is 7. The molecule has 4 nitrogen and oxygen atoms in total. The fourth-order valence-corrected chi connectivity index (χ4v) is 2.07. The molecule has 0 heterocycles. The summed E-state index contributed by atoms with van der Waals surface area (Å²) in [5, 5.41) is 12.0. The van der Waals surface area contributed by atoms with E-state index in [1.807, 2.05) is 7.05 Å². The van der Waals surface area contributed by atoms with Gasteiger partial charge in [-0.1, -0.05) is 38.1 Å². The molecule has 0 aliphatic carbocycles. The van der Waals surface area contributed by atoms with Gasteiger partial charge in [0.05, 0.1) is 0 Å². The van der Waals surface area contributed by atoms with E-state index in [0.717, 1.165) is 12.0 Å². The maximum absolute atomic E-state index is 10.8. The molecule has 4 N–H and O–H groups in total. The minimum atomic E-state index is -0.962. The standard InChI is InChI=1S/C15H24N2O2/c1-4-10(2)11-5-7-12(8-6-11)14(17-3)9-13(16)15(18)19/h5-8,10,13-14,17H,4,9,16H2,1-3H3,(H,18,19). The van der Waals surface area contributed by atoms with E-state index in [4.69, 9.17) is 10.8 Å². The zero-order chi connectivity index (χ0) is 14.4. The van der Waals surface area contributed by atoms with Crippen molar-refractivity contribution in [1.82, 2.24) is 5.32 Å². The van der Waals surface area contributed by atoms with Crippen molar-refractivity contribution < 1.29 is 9.90 Å². The Morgan fingerprint density at radius 1 is 1.32 bits per heavy atom. The van der Waals surface area contributed by atoms with Crippen molar-refractivity contribution in [2.75, 3.05) is 7.05 Å². The first-order valence-electron chi connectivity index (χ1n) is 6.75. The minimum Gasteiger partial charge on any atom is -0.480 e. The molecule has 19 heavy (non-hydrogen) atoms. The summed E-state index contributed by atoms with van der Waals surface area (Å²) >= 11 is 0. The van der Waals surface area contributed by atoms with E-state index in [1.54, 1.807) is 0 Å². The van der Waals surface area contributed by atoms with Crippen LogP contribution >= 0.6 is 0 Å². The molecule has 3 atom stereocenters. The molecule has 0 bridgehead atoms. The summed E-state index contributed by atoms with van der Waals surface area (Å²) in [7, 11) is 1.82. The molecule has 0 spiro atoms. The third-order valence-electron chi connectivity index (χ3n) is 3.68. The minimum absolute atomic E-state index is 0.0305. The number of nitrogens with one attached hydrogen (secondary N) is 1. The van der Waals surface area contributed by atoms with Gasteiger partial charge in [-0.25, -0.2) is 0 Å². The quantitative estimate of drug-likeness (QED) is 0.706. The maximum Gasteiger partial charge on any atom is 0.320 e. The summed E-state index contributed by atoms with van der Waals surface area (Å²) in [5.41, 5.74) is 7.97.